The number of aliphatic hydroxyl groups excluding tert-OH is 1. The van der Waals surface area contributed by atoms with Crippen LogP contribution in [0.1, 0.15) is 29.5 Å². The Labute approximate surface area is 165 Å². The van der Waals surface area contributed by atoms with E-state index in [2.05, 4.69) is 5.32 Å². The van der Waals surface area contributed by atoms with E-state index in [-0.39, 0.29) is 18.6 Å². The maximum absolute atomic E-state index is 13.3. The van der Waals surface area contributed by atoms with Gasteiger partial charge in [0.05, 0.1) is 25.5 Å². The molecule has 3 rings (SSSR count). The van der Waals surface area contributed by atoms with Crippen molar-refractivity contribution in [3.63, 3.8) is 0 Å². The van der Waals surface area contributed by atoms with Gasteiger partial charge in [0.25, 0.3) is 5.91 Å². The molecule has 0 spiro atoms. The van der Waals surface area contributed by atoms with Crippen LogP contribution in [-0.2, 0) is 6.54 Å². The Morgan fingerprint density at radius 1 is 1.11 bits per heavy atom. The van der Waals surface area contributed by atoms with Crippen molar-refractivity contribution in [1.29, 1.82) is 0 Å². The third kappa shape index (κ3) is 4.43. The summed E-state index contributed by atoms with van der Waals surface area (Å²) in [5.41, 5.74) is 3.65. The van der Waals surface area contributed by atoms with E-state index in [1.54, 1.807) is 17.2 Å². The highest BCUT2D eigenvalue weighted by molar-refractivity contribution is 5.95. The third-order valence-electron chi connectivity index (χ3n) is 4.91. The Morgan fingerprint density at radius 3 is 2.50 bits per heavy atom. The van der Waals surface area contributed by atoms with Crippen molar-refractivity contribution in [2.75, 3.05) is 19.0 Å². The van der Waals surface area contributed by atoms with Gasteiger partial charge < -0.3 is 19.7 Å². The van der Waals surface area contributed by atoms with E-state index in [0.29, 0.717) is 24.3 Å². The second-order valence-corrected chi connectivity index (χ2v) is 6.67. The number of furan rings is 1. The number of nitrogens with zero attached hydrogens (tertiary/aromatic N) is 1. The predicted molar refractivity (Wildman–Crippen MR) is 111 cm³/mol. The van der Waals surface area contributed by atoms with E-state index in [9.17, 15) is 9.90 Å². The fourth-order valence-electron chi connectivity index (χ4n) is 3.21. The van der Waals surface area contributed by atoms with Crippen LogP contribution in [0.2, 0.25) is 0 Å². The van der Waals surface area contributed by atoms with Gasteiger partial charge in [0.15, 0.2) is 0 Å². The summed E-state index contributed by atoms with van der Waals surface area (Å²) in [6, 6.07) is 19.0. The monoisotopic (exact) mass is 378 g/mol. The molecular formula is C23H26N2O3. The molecule has 146 valence electrons. The molecule has 0 unspecified atom stereocenters. The van der Waals surface area contributed by atoms with Gasteiger partial charge in [-0.2, -0.15) is 0 Å². The molecule has 0 saturated carbocycles. The van der Waals surface area contributed by atoms with Crippen LogP contribution in [0.4, 0.5) is 5.69 Å². The Bertz CT molecular complexity index is 884. The molecule has 28 heavy (non-hydrogen) atoms. The molecule has 2 aromatic carbocycles. The van der Waals surface area contributed by atoms with Crippen LogP contribution < -0.4 is 5.32 Å². The SMILES string of the molecule is CC[C@@H](CO)N(Cc1ccco1)C(=O)c1cccc(-c2ccc(NC)cc2)c1. The molecule has 0 saturated heterocycles. The molecule has 0 fully saturated rings. The number of hydrogen-bond acceptors (Lipinski definition) is 4. The molecule has 1 aromatic heterocycles. The molecule has 5 nitrogen and oxygen atoms in total. The van der Waals surface area contributed by atoms with E-state index in [1.807, 2.05) is 68.6 Å². The summed E-state index contributed by atoms with van der Waals surface area (Å²) < 4.78 is 5.42. The number of anilines is 1. The van der Waals surface area contributed by atoms with Crippen LogP contribution in [0, 0.1) is 0 Å². The van der Waals surface area contributed by atoms with Gasteiger partial charge >= 0.3 is 0 Å². The Hall–Kier alpha value is -3.05. The lowest BCUT2D eigenvalue weighted by Gasteiger charge is -2.29. The smallest absolute Gasteiger partial charge is 0.254 e. The number of rotatable bonds is 8. The van der Waals surface area contributed by atoms with Crippen LogP contribution in [-0.4, -0.2) is 35.6 Å². The maximum atomic E-state index is 13.3. The summed E-state index contributed by atoms with van der Waals surface area (Å²) in [7, 11) is 1.88. The number of hydrogen-bond donors (Lipinski definition) is 2. The zero-order valence-corrected chi connectivity index (χ0v) is 16.3. The Morgan fingerprint density at radius 2 is 1.89 bits per heavy atom. The molecular weight excluding hydrogens is 352 g/mol. The largest absolute Gasteiger partial charge is 0.467 e. The summed E-state index contributed by atoms with van der Waals surface area (Å²) >= 11 is 0. The van der Waals surface area contributed by atoms with Gasteiger partial charge in [-0.05, 0) is 53.9 Å². The lowest BCUT2D eigenvalue weighted by molar-refractivity contribution is 0.0545. The van der Waals surface area contributed by atoms with Crippen molar-refractivity contribution in [2.45, 2.75) is 25.9 Å². The van der Waals surface area contributed by atoms with Crippen molar-refractivity contribution in [2.24, 2.45) is 0 Å². The average molecular weight is 378 g/mol. The Balaban J connectivity index is 1.89. The van der Waals surface area contributed by atoms with Crippen LogP contribution in [0.3, 0.4) is 0 Å². The number of aliphatic hydroxyl groups is 1. The van der Waals surface area contributed by atoms with Crippen molar-refractivity contribution >= 4 is 11.6 Å². The Kier molecular flexibility index (Phi) is 6.50. The van der Waals surface area contributed by atoms with E-state index in [1.165, 1.54) is 0 Å². The first-order valence-electron chi connectivity index (χ1n) is 9.48. The first-order valence-corrected chi connectivity index (χ1v) is 9.48. The molecule has 1 atom stereocenters. The molecule has 0 aliphatic carbocycles. The van der Waals surface area contributed by atoms with Crippen LogP contribution in [0.5, 0.6) is 0 Å². The topological polar surface area (TPSA) is 65.7 Å². The van der Waals surface area contributed by atoms with Gasteiger partial charge in [0.1, 0.15) is 5.76 Å². The zero-order valence-electron chi connectivity index (χ0n) is 16.3. The van der Waals surface area contributed by atoms with Gasteiger partial charge in [0, 0.05) is 18.3 Å². The molecule has 0 aliphatic rings. The van der Waals surface area contributed by atoms with E-state index in [0.717, 1.165) is 16.8 Å². The molecule has 5 heteroatoms. The number of carbonyl (C=O) groups excluding carboxylic acids is 1. The normalized spacial score (nSPS) is 11.8. The highest BCUT2D eigenvalue weighted by atomic mass is 16.3. The maximum Gasteiger partial charge on any atom is 0.254 e. The second kappa shape index (κ2) is 9.24. The fourth-order valence-corrected chi connectivity index (χ4v) is 3.21. The number of carbonyl (C=O) groups is 1. The van der Waals surface area contributed by atoms with Gasteiger partial charge in [-0.1, -0.05) is 31.2 Å². The summed E-state index contributed by atoms with van der Waals surface area (Å²) in [6.45, 7) is 2.20. The molecule has 1 heterocycles. The second-order valence-electron chi connectivity index (χ2n) is 6.67. The number of benzene rings is 2. The fraction of sp³-hybridized carbons (Fsp3) is 0.261. The van der Waals surface area contributed by atoms with E-state index in [4.69, 9.17) is 4.42 Å². The highest BCUT2D eigenvalue weighted by Crippen LogP contribution is 2.24. The molecule has 2 N–H and O–H groups in total. The van der Waals surface area contributed by atoms with Crippen molar-refractivity contribution in [1.82, 2.24) is 4.90 Å². The van der Waals surface area contributed by atoms with Crippen molar-refractivity contribution in [3.8, 4) is 11.1 Å². The lowest BCUT2D eigenvalue weighted by Crippen LogP contribution is -2.41. The first-order chi connectivity index (χ1) is 13.7. The van der Waals surface area contributed by atoms with Crippen LogP contribution >= 0.6 is 0 Å². The summed E-state index contributed by atoms with van der Waals surface area (Å²) in [5, 5.41) is 12.9. The molecule has 0 radical (unpaired) electrons. The van der Waals surface area contributed by atoms with Gasteiger partial charge in [-0.15, -0.1) is 0 Å². The average Bonchev–Trinajstić information content (AvgIpc) is 3.27. The number of nitrogens with one attached hydrogen (secondary N) is 1. The van der Waals surface area contributed by atoms with Crippen LogP contribution in [0.15, 0.2) is 71.3 Å². The van der Waals surface area contributed by atoms with E-state index >= 15 is 0 Å². The molecule has 3 aromatic rings. The number of amides is 1. The summed E-state index contributed by atoms with van der Waals surface area (Å²) in [5.74, 6) is 0.574. The first kappa shape index (κ1) is 19.7. The zero-order chi connectivity index (χ0) is 19.9. The minimum Gasteiger partial charge on any atom is -0.467 e. The summed E-state index contributed by atoms with van der Waals surface area (Å²) in [6.07, 6.45) is 2.25. The minimum absolute atomic E-state index is 0.0892. The van der Waals surface area contributed by atoms with Gasteiger partial charge in [-0.3, -0.25) is 4.79 Å². The lowest BCUT2D eigenvalue weighted by atomic mass is 10.0. The predicted octanol–water partition coefficient (Wildman–Crippen LogP) is 4.40. The summed E-state index contributed by atoms with van der Waals surface area (Å²) in [4.78, 5) is 15.0. The quantitative estimate of drug-likeness (QED) is 0.610. The minimum atomic E-state index is -0.267. The molecule has 0 bridgehead atoms. The van der Waals surface area contributed by atoms with Crippen LogP contribution in [0.25, 0.3) is 11.1 Å². The molecule has 0 aliphatic heterocycles. The highest BCUT2D eigenvalue weighted by Gasteiger charge is 2.24. The van der Waals surface area contributed by atoms with Crippen molar-refractivity contribution in [3.05, 3.63) is 78.3 Å². The van der Waals surface area contributed by atoms with E-state index < -0.39 is 0 Å². The molecule has 1 amide bonds. The van der Waals surface area contributed by atoms with Gasteiger partial charge in [-0.25, -0.2) is 0 Å². The standard InChI is InChI=1S/C23H26N2O3/c1-3-21(16-26)25(15-22-8-5-13-28-22)23(27)19-7-4-6-18(14-19)17-9-11-20(24-2)12-10-17/h4-14,21,24,26H,3,15-16H2,1-2H3/t21-/m0/s1. The third-order valence-corrected chi connectivity index (χ3v) is 4.91. The van der Waals surface area contributed by atoms with Crippen molar-refractivity contribution < 1.29 is 14.3 Å². The van der Waals surface area contributed by atoms with Gasteiger partial charge in [0.2, 0.25) is 0 Å².